The van der Waals surface area contributed by atoms with Gasteiger partial charge in [-0.05, 0) is 17.7 Å². The molecule has 0 saturated heterocycles. The Labute approximate surface area is 143 Å². The number of nitriles is 1. The van der Waals surface area contributed by atoms with E-state index >= 15 is 0 Å². The van der Waals surface area contributed by atoms with E-state index in [0.29, 0.717) is 29.5 Å². The third-order valence-corrected chi connectivity index (χ3v) is 4.30. The van der Waals surface area contributed by atoms with Crippen LogP contribution < -0.4 is 4.74 Å². The number of ether oxygens (including phenoxy) is 1. The number of fused-ring (bicyclic) bond motifs is 1. The van der Waals surface area contributed by atoms with Crippen LogP contribution in [0.5, 0.6) is 5.75 Å². The van der Waals surface area contributed by atoms with E-state index in [2.05, 4.69) is 11.1 Å². The fourth-order valence-corrected chi connectivity index (χ4v) is 3.17. The number of rotatable bonds is 6. The predicted octanol–water partition coefficient (Wildman–Crippen LogP) is 2.86. The summed E-state index contributed by atoms with van der Waals surface area (Å²) in [5.74, 6) is 0.977. The van der Waals surface area contributed by atoms with E-state index in [1.807, 2.05) is 53.1 Å². The average molecular weight is 339 g/mol. The van der Waals surface area contributed by atoms with Crippen molar-refractivity contribution < 1.29 is 9.29 Å². The summed E-state index contributed by atoms with van der Waals surface area (Å²) >= 11 is -1.02. The number of hydrogen-bond donors (Lipinski definition) is 0. The van der Waals surface area contributed by atoms with E-state index in [0.717, 1.165) is 11.3 Å². The number of aromatic nitrogens is 2. The highest BCUT2D eigenvalue weighted by molar-refractivity contribution is 7.89. The van der Waals surface area contributed by atoms with Crippen molar-refractivity contribution in [2.24, 2.45) is 0 Å². The van der Waals surface area contributed by atoms with Crippen molar-refractivity contribution in [3.8, 4) is 11.8 Å². The Morgan fingerprint density at radius 1 is 1.25 bits per heavy atom. The summed E-state index contributed by atoms with van der Waals surface area (Å²) in [6.07, 6.45) is 3.70. The molecule has 0 radical (unpaired) electrons. The van der Waals surface area contributed by atoms with Gasteiger partial charge in [0.1, 0.15) is 18.1 Å². The molecule has 0 N–H and O–H groups in total. The molecule has 24 heavy (non-hydrogen) atoms. The minimum atomic E-state index is -1.02. The molecule has 2 aromatic heterocycles. The fourth-order valence-electron chi connectivity index (χ4n) is 2.56. The number of imidazole rings is 1. The summed E-state index contributed by atoms with van der Waals surface area (Å²) in [5, 5.41) is 9.08. The summed E-state index contributed by atoms with van der Waals surface area (Å²) in [4.78, 5) is 4.58. The van der Waals surface area contributed by atoms with Gasteiger partial charge in [0.05, 0.1) is 24.4 Å². The Bertz CT molecular complexity index is 869. The third kappa shape index (κ3) is 3.53. The Kier molecular flexibility index (Phi) is 5.04. The van der Waals surface area contributed by atoms with Crippen molar-refractivity contribution in [2.45, 2.75) is 18.8 Å². The Morgan fingerprint density at radius 2 is 2.04 bits per heavy atom. The molecule has 0 aliphatic heterocycles. The molecule has 2 heterocycles. The summed E-state index contributed by atoms with van der Waals surface area (Å²) in [5.41, 5.74) is 3.18. The van der Waals surface area contributed by atoms with Gasteiger partial charge in [0.25, 0.3) is 0 Å². The van der Waals surface area contributed by atoms with Gasteiger partial charge < -0.3 is 9.29 Å². The van der Waals surface area contributed by atoms with E-state index in [9.17, 15) is 4.55 Å². The molecule has 3 aromatic rings. The van der Waals surface area contributed by atoms with Crippen LogP contribution in [0, 0.1) is 11.3 Å². The first-order valence-electron chi connectivity index (χ1n) is 7.51. The first-order valence-corrected chi connectivity index (χ1v) is 9.24. The summed E-state index contributed by atoms with van der Waals surface area (Å²) in [6.45, 7) is 0.440. The van der Waals surface area contributed by atoms with Gasteiger partial charge in [0.2, 0.25) is 0 Å². The van der Waals surface area contributed by atoms with Crippen molar-refractivity contribution in [1.82, 2.24) is 9.38 Å². The normalized spacial score (nSPS) is 12.0. The topological polar surface area (TPSA) is 73.4 Å². The standard InChI is InChI=1S/C18H17N3O2S/c1-24(22)13-15-16(9-10-19)21-11-5-8-17(18(21)20-15)23-12-14-6-3-2-4-7-14/h2-8,11H,9,12-13H2,1H3. The molecule has 1 aromatic carbocycles. The quantitative estimate of drug-likeness (QED) is 0.647. The minimum absolute atomic E-state index is 0.218. The molecule has 122 valence electrons. The first-order chi connectivity index (χ1) is 11.7. The second-order valence-electron chi connectivity index (χ2n) is 5.40. The van der Waals surface area contributed by atoms with Crippen molar-refractivity contribution in [2.75, 3.05) is 6.26 Å². The van der Waals surface area contributed by atoms with Crippen LogP contribution in [0.15, 0.2) is 48.7 Å². The van der Waals surface area contributed by atoms with Crippen molar-refractivity contribution in [3.63, 3.8) is 0 Å². The lowest BCUT2D eigenvalue weighted by Gasteiger charge is -2.07. The molecule has 1 atom stereocenters. The van der Waals surface area contributed by atoms with Gasteiger partial charge in [0.15, 0.2) is 11.4 Å². The third-order valence-electron chi connectivity index (χ3n) is 3.62. The lowest BCUT2D eigenvalue weighted by atomic mass is 10.2. The molecule has 5 nitrogen and oxygen atoms in total. The number of hydrogen-bond acceptors (Lipinski definition) is 4. The zero-order valence-electron chi connectivity index (χ0n) is 13.3. The summed E-state index contributed by atoms with van der Waals surface area (Å²) in [6, 6.07) is 15.8. The SMILES string of the molecule is C[S+]([O-])Cc1nc2c(OCc3ccccc3)cccn2c1CC#N. The van der Waals surface area contributed by atoms with Gasteiger partial charge >= 0.3 is 0 Å². The molecule has 0 fully saturated rings. The van der Waals surface area contributed by atoms with Gasteiger partial charge in [-0.3, -0.25) is 4.40 Å². The van der Waals surface area contributed by atoms with E-state index in [1.165, 1.54) is 0 Å². The lowest BCUT2D eigenvalue weighted by molar-refractivity contribution is 0.308. The lowest BCUT2D eigenvalue weighted by Crippen LogP contribution is -2.04. The smallest absolute Gasteiger partial charge is 0.180 e. The molecular weight excluding hydrogens is 322 g/mol. The van der Waals surface area contributed by atoms with Gasteiger partial charge in [0, 0.05) is 6.20 Å². The zero-order valence-corrected chi connectivity index (χ0v) is 14.1. The molecule has 0 saturated carbocycles. The highest BCUT2D eigenvalue weighted by atomic mass is 32.2. The molecule has 1 unspecified atom stereocenters. The second kappa shape index (κ2) is 7.39. The van der Waals surface area contributed by atoms with Crippen LogP contribution in [0.25, 0.3) is 5.65 Å². The van der Waals surface area contributed by atoms with Gasteiger partial charge in [-0.15, -0.1) is 0 Å². The maximum atomic E-state index is 11.6. The van der Waals surface area contributed by atoms with E-state index < -0.39 is 11.2 Å². The number of pyridine rings is 1. The Hall–Kier alpha value is -2.49. The molecule has 0 aliphatic carbocycles. The van der Waals surface area contributed by atoms with Crippen LogP contribution in [0.3, 0.4) is 0 Å². The maximum Gasteiger partial charge on any atom is 0.180 e. The van der Waals surface area contributed by atoms with E-state index in [1.54, 1.807) is 6.26 Å². The Morgan fingerprint density at radius 3 is 2.75 bits per heavy atom. The Balaban J connectivity index is 1.95. The van der Waals surface area contributed by atoms with Crippen LogP contribution in [0.1, 0.15) is 17.0 Å². The van der Waals surface area contributed by atoms with E-state index in [4.69, 9.17) is 10.00 Å². The van der Waals surface area contributed by atoms with Crippen molar-refractivity contribution >= 4 is 16.8 Å². The highest BCUT2D eigenvalue weighted by Crippen LogP contribution is 2.24. The van der Waals surface area contributed by atoms with Crippen molar-refractivity contribution in [3.05, 3.63) is 65.6 Å². The molecule has 0 bridgehead atoms. The summed E-state index contributed by atoms with van der Waals surface area (Å²) in [7, 11) is 0. The van der Waals surface area contributed by atoms with Gasteiger partial charge in [-0.2, -0.15) is 5.26 Å². The van der Waals surface area contributed by atoms with E-state index in [-0.39, 0.29) is 6.42 Å². The predicted molar refractivity (Wildman–Crippen MR) is 93.1 cm³/mol. The second-order valence-corrected chi connectivity index (χ2v) is 6.83. The number of benzene rings is 1. The first kappa shape index (κ1) is 16.4. The van der Waals surface area contributed by atoms with Crippen LogP contribution in [-0.4, -0.2) is 20.2 Å². The maximum absolute atomic E-state index is 11.6. The van der Waals surface area contributed by atoms with Crippen LogP contribution in [0.4, 0.5) is 0 Å². The van der Waals surface area contributed by atoms with Crippen molar-refractivity contribution in [1.29, 1.82) is 5.26 Å². The van der Waals surface area contributed by atoms with Gasteiger partial charge in [-0.25, -0.2) is 4.98 Å². The minimum Gasteiger partial charge on any atom is -0.616 e. The molecule has 0 spiro atoms. The largest absolute Gasteiger partial charge is 0.616 e. The van der Waals surface area contributed by atoms with Crippen LogP contribution in [-0.2, 0) is 30.0 Å². The van der Waals surface area contributed by atoms with Gasteiger partial charge in [-0.1, -0.05) is 41.5 Å². The fraction of sp³-hybridized carbons (Fsp3) is 0.222. The number of nitrogens with zero attached hydrogens (tertiary/aromatic N) is 3. The van der Waals surface area contributed by atoms with Crippen LogP contribution >= 0.6 is 0 Å². The molecule has 0 amide bonds. The summed E-state index contributed by atoms with van der Waals surface area (Å²) < 4.78 is 19.4. The molecular formula is C18H17N3O2S. The average Bonchev–Trinajstić information content (AvgIpc) is 2.92. The monoisotopic (exact) mass is 339 g/mol. The molecule has 6 heteroatoms. The highest BCUT2D eigenvalue weighted by Gasteiger charge is 2.18. The molecule has 3 rings (SSSR count). The van der Waals surface area contributed by atoms with Crippen LogP contribution in [0.2, 0.25) is 0 Å². The zero-order chi connectivity index (χ0) is 16.9. The molecule has 0 aliphatic rings.